The molecule has 0 aliphatic carbocycles. The van der Waals surface area contributed by atoms with Crippen molar-refractivity contribution in [2.45, 2.75) is 13.0 Å². The first-order chi connectivity index (χ1) is 11.0. The smallest absolute Gasteiger partial charge is 0.279 e. The first-order valence-electron chi connectivity index (χ1n) is 7.08. The van der Waals surface area contributed by atoms with Gasteiger partial charge in [-0.25, -0.2) is 0 Å². The van der Waals surface area contributed by atoms with Gasteiger partial charge in [0.2, 0.25) is 0 Å². The van der Waals surface area contributed by atoms with Crippen molar-refractivity contribution >= 4 is 34.8 Å². The van der Waals surface area contributed by atoms with Crippen LogP contribution in [0.5, 0.6) is 0 Å². The summed E-state index contributed by atoms with van der Waals surface area (Å²) >= 11 is 12.0. The van der Waals surface area contributed by atoms with Gasteiger partial charge in [-0.3, -0.25) is 4.79 Å². The number of nitrogens with two attached hydrogens (primary N) is 1. The second kappa shape index (κ2) is 7.98. The zero-order valence-corrected chi connectivity index (χ0v) is 14.0. The number of hydrogen-bond acceptors (Lipinski definition) is 2. The molecule has 0 saturated carbocycles. The predicted octanol–water partition coefficient (Wildman–Crippen LogP) is 3.13. The van der Waals surface area contributed by atoms with Gasteiger partial charge in [0.25, 0.3) is 5.91 Å². The minimum Gasteiger partial charge on any atom is -0.332 e. The number of carbonyl (C=O) groups is 1. The fraction of sp³-hybridized carbons (Fsp3) is 0.176. The third-order valence-electron chi connectivity index (χ3n) is 3.43. The Labute approximate surface area is 145 Å². The van der Waals surface area contributed by atoms with Crippen LogP contribution in [-0.4, -0.2) is 12.5 Å². The molecule has 0 unspecified atom stereocenters. The van der Waals surface area contributed by atoms with E-state index < -0.39 is 0 Å². The number of nitrogens with zero attached hydrogens (tertiary/aromatic N) is 1. The van der Waals surface area contributed by atoms with E-state index in [-0.39, 0.29) is 18.5 Å². The molecule has 0 spiro atoms. The lowest BCUT2D eigenvalue weighted by atomic mass is 10.1. The molecular weight excluding hydrogens is 333 g/mol. The van der Waals surface area contributed by atoms with Crippen molar-refractivity contribution in [3.8, 4) is 6.07 Å². The molecule has 2 aromatic rings. The molecule has 3 N–H and O–H groups in total. The largest absolute Gasteiger partial charge is 0.332 e. The number of nitrogens with one attached hydrogen (secondary N) is 1. The van der Waals surface area contributed by atoms with E-state index in [1.165, 1.54) is 0 Å². The van der Waals surface area contributed by atoms with Gasteiger partial charge in [-0.1, -0.05) is 41.4 Å². The molecule has 4 nitrogen and oxygen atoms in total. The van der Waals surface area contributed by atoms with E-state index in [9.17, 15) is 4.79 Å². The fourth-order valence-electron chi connectivity index (χ4n) is 2.17. The number of benzene rings is 2. The van der Waals surface area contributed by atoms with Crippen LogP contribution in [0.2, 0.25) is 10.0 Å². The summed E-state index contributed by atoms with van der Waals surface area (Å²) in [5, 5.41) is 14.8. The quantitative estimate of drug-likeness (QED) is 0.871. The van der Waals surface area contributed by atoms with Crippen molar-refractivity contribution in [2.24, 2.45) is 0 Å². The third-order valence-corrected chi connectivity index (χ3v) is 4.01. The molecule has 0 aliphatic rings. The highest BCUT2D eigenvalue weighted by atomic mass is 35.5. The van der Waals surface area contributed by atoms with Crippen LogP contribution in [0.25, 0.3) is 0 Å². The summed E-state index contributed by atoms with van der Waals surface area (Å²) in [7, 11) is 0. The van der Waals surface area contributed by atoms with Crippen molar-refractivity contribution < 1.29 is 10.1 Å². The Morgan fingerprint density at radius 1 is 1.30 bits per heavy atom. The van der Waals surface area contributed by atoms with Crippen molar-refractivity contribution in [3.63, 3.8) is 0 Å². The van der Waals surface area contributed by atoms with Gasteiger partial charge < -0.3 is 10.6 Å². The molecule has 1 atom stereocenters. The summed E-state index contributed by atoms with van der Waals surface area (Å²) in [6, 6.07) is 14.4. The highest BCUT2D eigenvalue weighted by Crippen LogP contribution is 2.21. The van der Waals surface area contributed by atoms with Crippen LogP contribution in [0.3, 0.4) is 0 Å². The molecule has 0 bridgehead atoms. The zero-order valence-electron chi connectivity index (χ0n) is 12.5. The third kappa shape index (κ3) is 4.70. The molecule has 2 rings (SSSR count). The summed E-state index contributed by atoms with van der Waals surface area (Å²) in [6.45, 7) is 2.19. The van der Waals surface area contributed by atoms with E-state index in [0.29, 0.717) is 21.3 Å². The maximum atomic E-state index is 12.1. The van der Waals surface area contributed by atoms with E-state index in [1.807, 2.05) is 42.6 Å². The van der Waals surface area contributed by atoms with E-state index in [0.717, 1.165) is 5.56 Å². The normalized spacial score (nSPS) is 11.6. The topological polar surface area (TPSA) is 69.5 Å². The van der Waals surface area contributed by atoms with Gasteiger partial charge in [-0.15, -0.1) is 0 Å². The zero-order chi connectivity index (χ0) is 16.8. The first kappa shape index (κ1) is 17.3. The van der Waals surface area contributed by atoms with Crippen molar-refractivity contribution in [1.29, 1.82) is 5.26 Å². The predicted molar refractivity (Wildman–Crippen MR) is 91.5 cm³/mol. The fourth-order valence-corrected chi connectivity index (χ4v) is 2.65. The summed E-state index contributed by atoms with van der Waals surface area (Å²) in [5.41, 5.74) is 1.77. The van der Waals surface area contributed by atoms with E-state index in [2.05, 4.69) is 5.32 Å². The Balaban J connectivity index is 1.97. The molecule has 0 radical (unpaired) electrons. The van der Waals surface area contributed by atoms with Crippen LogP contribution < -0.4 is 10.6 Å². The molecule has 0 aromatic heterocycles. The monoisotopic (exact) mass is 348 g/mol. The maximum Gasteiger partial charge on any atom is 0.279 e. The molecular formula is C17H16Cl2N3O+. The van der Waals surface area contributed by atoms with Gasteiger partial charge in [0, 0.05) is 15.6 Å². The standard InChI is InChI=1S/C17H15Cl2N3O/c1-11(14-4-2-3-5-15(14)19)21-10-17(23)22-16-8-13(18)7-6-12(16)9-20/h2-8,11,21H,10H2,1H3,(H,22,23)/p+1/t11-/m1/s1. The average Bonchev–Trinajstić information content (AvgIpc) is 2.53. The molecule has 0 fully saturated rings. The lowest BCUT2D eigenvalue weighted by Gasteiger charge is -2.13. The van der Waals surface area contributed by atoms with Gasteiger partial charge in [0.15, 0.2) is 6.54 Å². The molecule has 2 aromatic carbocycles. The van der Waals surface area contributed by atoms with Gasteiger partial charge in [0.05, 0.1) is 11.3 Å². The second-order valence-corrected chi connectivity index (χ2v) is 5.94. The Bertz CT molecular complexity index is 756. The molecule has 6 heteroatoms. The minimum atomic E-state index is -0.206. The van der Waals surface area contributed by atoms with Crippen molar-refractivity contribution in [3.05, 3.63) is 63.6 Å². The van der Waals surface area contributed by atoms with Crippen LogP contribution in [0.4, 0.5) is 5.69 Å². The van der Waals surface area contributed by atoms with E-state index in [4.69, 9.17) is 28.5 Å². The highest BCUT2D eigenvalue weighted by molar-refractivity contribution is 6.31. The van der Waals surface area contributed by atoms with Crippen LogP contribution in [0.15, 0.2) is 42.5 Å². The van der Waals surface area contributed by atoms with Crippen molar-refractivity contribution in [1.82, 2.24) is 0 Å². The van der Waals surface area contributed by atoms with Gasteiger partial charge >= 0.3 is 0 Å². The number of carbonyl (C=O) groups excluding carboxylic acids is 1. The number of halogens is 2. The Kier molecular flexibility index (Phi) is 6.00. The first-order valence-corrected chi connectivity index (χ1v) is 7.84. The van der Waals surface area contributed by atoms with Crippen molar-refractivity contribution in [2.75, 3.05) is 11.9 Å². The van der Waals surface area contributed by atoms with Crippen LogP contribution >= 0.6 is 23.2 Å². The van der Waals surface area contributed by atoms with Gasteiger partial charge in [-0.05, 0) is 31.2 Å². The Hall–Kier alpha value is -2.06. The number of amides is 1. The lowest BCUT2D eigenvalue weighted by Crippen LogP contribution is -2.86. The van der Waals surface area contributed by atoms with Gasteiger partial charge in [-0.2, -0.15) is 5.26 Å². The summed E-state index contributed by atoms with van der Waals surface area (Å²) < 4.78 is 0. The SMILES string of the molecule is C[C@@H]([NH2+]CC(=O)Nc1cc(Cl)ccc1C#N)c1ccccc1Cl. The van der Waals surface area contributed by atoms with E-state index >= 15 is 0 Å². The molecule has 1 amide bonds. The Morgan fingerprint density at radius 3 is 2.74 bits per heavy atom. The number of rotatable bonds is 5. The second-order valence-electron chi connectivity index (χ2n) is 5.10. The molecule has 0 aliphatic heterocycles. The highest BCUT2D eigenvalue weighted by Gasteiger charge is 2.15. The lowest BCUT2D eigenvalue weighted by molar-refractivity contribution is -0.682. The summed E-state index contributed by atoms with van der Waals surface area (Å²) in [4.78, 5) is 12.1. The Morgan fingerprint density at radius 2 is 2.04 bits per heavy atom. The molecule has 118 valence electrons. The molecule has 0 heterocycles. The van der Waals surface area contributed by atoms with E-state index in [1.54, 1.807) is 18.2 Å². The van der Waals surface area contributed by atoms with Gasteiger partial charge in [0.1, 0.15) is 12.1 Å². The summed E-state index contributed by atoms with van der Waals surface area (Å²) in [5.74, 6) is -0.206. The van der Waals surface area contributed by atoms with Crippen LogP contribution in [0, 0.1) is 11.3 Å². The van der Waals surface area contributed by atoms with Crippen LogP contribution in [0.1, 0.15) is 24.1 Å². The van der Waals surface area contributed by atoms with Crippen LogP contribution in [-0.2, 0) is 4.79 Å². The number of anilines is 1. The molecule has 0 saturated heterocycles. The summed E-state index contributed by atoms with van der Waals surface area (Å²) in [6.07, 6.45) is 0. The number of quaternary nitrogens is 1. The maximum absolute atomic E-state index is 12.1. The molecule has 23 heavy (non-hydrogen) atoms. The average molecular weight is 349 g/mol. The minimum absolute atomic E-state index is 0.0456. The number of hydrogen-bond donors (Lipinski definition) is 2. The number of nitriles is 1.